The normalized spacial score (nSPS) is 16.7. The molecule has 0 radical (unpaired) electrons. The Labute approximate surface area is 166 Å². The molecule has 0 saturated carbocycles. The summed E-state index contributed by atoms with van der Waals surface area (Å²) in [5.41, 5.74) is 1.11. The van der Waals surface area contributed by atoms with Crippen LogP contribution in [0.4, 0.5) is 10.6 Å². The number of rotatable bonds is 3. The standard InChI is InChI=1S/C22H27N3O3/c1-22(2,3)28-21(27)24(4)19-13-12-17(15-23-19)18-11-8-14-25(18)20(26)16-9-6-5-7-10-16/h5-7,9-10,12-13,15,18H,8,11,14H2,1-4H3/t18-/m0/s1. The van der Waals surface area contributed by atoms with Crippen molar-refractivity contribution in [3.8, 4) is 0 Å². The maximum Gasteiger partial charge on any atom is 0.415 e. The molecule has 2 aromatic rings. The molecule has 0 aliphatic carbocycles. The van der Waals surface area contributed by atoms with Crippen molar-refractivity contribution in [2.75, 3.05) is 18.5 Å². The summed E-state index contributed by atoms with van der Waals surface area (Å²) < 4.78 is 5.38. The van der Waals surface area contributed by atoms with Crippen molar-refractivity contribution in [1.29, 1.82) is 0 Å². The van der Waals surface area contributed by atoms with Crippen molar-refractivity contribution >= 4 is 17.8 Å². The van der Waals surface area contributed by atoms with Crippen molar-refractivity contribution in [1.82, 2.24) is 9.88 Å². The minimum atomic E-state index is -0.562. The lowest BCUT2D eigenvalue weighted by Gasteiger charge is -2.26. The summed E-state index contributed by atoms with van der Waals surface area (Å²) in [5.74, 6) is 0.551. The third kappa shape index (κ3) is 4.50. The highest BCUT2D eigenvalue weighted by Gasteiger charge is 2.31. The summed E-state index contributed by atoms with van der Waals surface area (Å²) in [6.07, 6.45) is 3.16. The zero-order valence-electron chi connectivity index (χ0n) is 16.9. The molecule has 1 fully saturated rings. The lowest BCUT2D eigenvalue weighted by atomic mass is 10.1. The third-order valence-electron chi connectivity index (χ3n) is 4.70. The highest BCUT2D eigenvalue weighted by Crippen LogP contribution is 2.33. The Morgan fingerprint density at radius 1 is 1.14 bits per heavy atom. The van der Waals surface area contributed by atoms with Crippen LogP contribution in [0.2, 0.25) is 0 Å². The van der Waals surface area contributed by atoms with Crippen LogP contribution in [-0.4, -0.2) is 41.1 Å². The lowest BCUT2D eigenvalue weighted by Crippen LogP contribution is -2.34. The van der Waals surface area contributed by atoms with Gasteiger partial charge in [-0.2, -0.15) is 0 Å². The number of aromatic nitrogens is 1. The number of carbonyl (C=O) groups is 2. The highest BCUT2D eigenvalue weighted by atomic mass is 16.6. The summed E-state index contributed by atoms with van der Waals surface area (Å²) in [5, 5.41) is 0. The Morgan fingerprint density at radius 2 is 1.86 bits per heavy atom. The van der Waals surface area contributed by atoms with E-state index in [-0.39, 0.29) is 11.9 Å². The largest absolute Gasteiger partial charge is 0.443 e. The van der Waals surface area contributed by atoms with Gasteiger partial charge in [0.15, 0.2) is 0 Å². The lowest BCUT2D eigenvalue weighted by molar-refractivity contribution is 0.0588. The number of nitrogens with zero attached hydrogens (tertiary/aromatic N) is 3. The van der Waals surface area contributed by atoms with E-state index < -0.39 is 11.7 Å². The van der Waals surface area contributed by atoms with Crippen LogP contribution < -0.4 is 4.90 Å². The number of hydrogen-bond acceptors (Lipinski definition) is 4. The van der Waals surface area contributed by atoms with E-state index in [0.29, 0.717) is 11.4 Å². The number of hydrogen-bond donors (Lipinski definition) is 0. The van der Waals surface area contributed by atoms with Gasteiger partial charge in [0, 0.05) is 25.4 Å². The number of benzene rings is 1. The molecule has 2 amide bonds. The van der Waals surface area contributed by atoms with E-state index in [9.17, 15) is 9.59 Å². The summed E-state index contributed by atoms with van der Waals surface area (Å²) in [4.78, 5) is 32.8. The van der Waals surface area contributed by atoms with Gasteiger partial charge in [0.2, 0.25) is 0 Å². The predicted molar refractivity (Wildman–Crippen MR) is 108 cm³/mol. The van der Waals surface area contributed by atoms with E-state index in [1.54, 1.807) is 19.3 Å². The van der Waals surface area contributed by atoms with Gasteiger partial charge in [0.05, 0.1) is 6.04 Å². The van der Waals surface area contributed by atoms with Crippen LogP contribution in [0.15, 0.2) is 48.7 Å². The maximum absolute atomic E-state index is 12.9. The van der Waals surface area contributed by atoms with Crippen LogP contribution in [0.25, 0.3) is 0 Å². The molecule has 28 heavy (non-hydrogen) atoms. The summed E-state index contributed by atoms with van der Waals surface area (Å²) in [6, 6.07) is 13.1. The van der Waals surface area contributed by atoms with E-state index >= 15 is 0 Å². The zero-order chi connectivity index (χ0) is 20.3. The molecular weight excluding hydrogens is 354 g/mol. The molecule has 2 heterocycles. The molecule has 3 rings (SSSR count). The molecule has 148 valence electrons. The molecular formula is C22H27N3O3. The molecule has 0 bridgehead atoms. The molecule has 1 aliphatic heterocycles. The third-order valence-corrected chi connectivity index (χ3v) is 4.70. The van der Waals surface area contributed by atoms with E-state index in [0.717, 1.165) is 24.9 Å². The number of anilines is 1. The van der Waals surface area contributed by atoms with Gasteiger partial charge < -0.3 is 9.64 Å². The average Bonchev–Trinajstić information content (AvgIpc) is 3.16. The van der Waals surface area contributed by atoms with Gasteiger partial charge in [-0.15, -0.1) is 0 Å². The summed E-state index contributed by atoms with van der Waals surface area (Å²) in [6.45, 7) is 6.22. The van der Waals surface area contributed by atoms with Crippen LogP contribution in [0.5, 0.6) is 0 Å². The van der Waals surface area contributed by atoms with E-state index in [2.05, 4.69) is 4.98 Å². The molecule has 6 heteroatoms. The number of pyridine rings is 1. The van der Waals surface area contributed by atoms with Crippen LogP contribution >= 0.6 is 0 Å². The molecule has 1 aromatic heterocycles. The summed E-state index contributed by atoms with van der Waals surface area (Å²) >= 11 is 0. The van der Waals surface area contributed by atoms with Crippen LogP contribution in [0.1, 0.15) is 55.6 Å². The SMILES string of the molecule is CN(C(=O)OC(C)(C)C)c1ccc([C@@H]2CCCN2C(=O)c2ccccc2)cn1. The van der Waals surface area contributed by atoms with Crippen molar-refractivity contribution in [2.24, 2.45) is 0 Å². The first-order chi connectivity index (χ1) is 13.3. The van der Waals surface area contributed by atoms with Crippen molar-refractivity contribution in [3.63, 3.8) is 0 Å². The second kappa shape index (κ2) is 8.00. The molecule has 0 N–H and O–H groups in total. The molecule has 6 nitrogen and oxygen atoms in total. The van der Waals surface area contributed by atoms with Crippen molar-refractivity contribution < 1.29 is 14.3 Å². The minimum absolute atomic E-state index is 0.00101. The second-order valence-electron chi connectivity index (χ2n) is 8.01. The smallest absolute Gasteiger partial charge is 0.415 e. The first-order valence-electron chi connectivity index (χ1n) is 9.55. The monoisotopic (exact) mass is 381 g/mol. The molecule has 1 atom stereocenters. The van der Waals surface area contributed by atoms with E-state index in [1.807, 2.05) is 62.1 Å². The predicted octanol–water partition coefficient (Wildman–Crippen LogP) is 4.43. The quantitative estimate of drug-likeness (QED) is 0.789. The molecule has 1 aliphatic rings. The Morgan fingerprint density at radius 3 is 2.46 bits per heavy atom. The van der Waals surface area contributed by atoms with Crippen LogP contribution in [0, 0.1) is 0 Å². The molecule has 0 unspecified atom stereocenters. The topological polar surface area (TPSA) is 62.7 Å². The average molecular weight is 381 g/mol. The number of amides is 2. The Kier molecular flexibility index (Phi) is 5.68. The van der Waals surface area contributed by atoms with Gasteiger partial charge in [-0.3, -0.25) is 9.69 Å². The Balaban J connectivity index is 1.73. The first kappa shape index (κ1) is 19.9. The maximum atomic E-state index is 12.9. The van der Waals surface area contributed by atoms with Crippen molar-refractivity contribution in [3.05, 3.63) is 59.8 Å². The fourth-order valence-electron chi connectivity index (χ4n) is 3.32. The van der Waals surface area contributed by atoms with Crippen LogP contribution in [0.3, 0.4) is 0 Å². The van der Waals surface area contributed by atoms with Gasteiger partial charge in [-0.1, -0.05) is 24.3 Å². The van der Waals surface area contributed by atoms with Gasteiger partial charge in [0.25, 0.3) is 5.91 Å². The molecule has 1 aromatic carbocycles. The van der Waals surface area contributed by atoms with Gasteiger partial charge >= 0.3 is 6.09 Å². The number of ether oxygens (including phenoxy) is 1. The fourth-order valence-corrected chi connectivity index (χ4v) is 3.32. The highest BCUT2D eigenvalue weighted by molar-refractivity contribution is 5.94. The van der Waals surface area contributed by atoms with Crippen molar-refractivity contribution in [2.45, 2.75) is 45.3 Å². The summed E-state index contributed by atoms with van der Waals surface area (Å²) in [7, 11) is 1.64. The number of carbonyl (C=O) groups excluding carboxylic acids is 2. The number of likely N-dealkylation sites (tertiary alicyclic amines) is 1. The Bertz CT molecular complexity index is 828. The zero-order valence-corrected chi connectivity index (χ0v) is 16.9. The Hall–Kier alpha value is -2.89. The van der Waals surface area contributed by atoms with E-state index in [1.165, 1.54) is 4.90 Å². The van der Waals surface area contributed by atoms with Gasteiger partial charge in [-0.25, -0.2) is 9.78 Å². The fraction of sp³-hybridized carbons (Fsp3) is 0.409. The van der Waals surface area contributed by atoms with Crippen LogP contribution in [-0.2, 0) is 4.74 Å². The van der Waals surface area contributed by atoms with Gasteiger partial charge in [-0.05, 0) is 57.4 Å². The first-order valence-corrected chi connectivity index (χ1v) is 9.55. The van der Waals surface area contributed by atoms with E-state index in [4.69, 9.17) is 4.74 Å². The molecule has 1 saturated heterocycles. The van der Waals surface area contributed by atoms with Gasteiger partial charge in [0.1, 0.15) is 11.4 Å². The second-order valence-corrected chi connectivity index (χ2v) is 8.01. The molecule has 0 spiro atoms. The minimum Gasteiger partial charge on any atom is -0.443 e.